The number of ether oxygens (including phenoxy) is 1. The summed E-state index contributed by atoms with van der Waals surface area (Å²) >= 11 is 0. The van der Waals surface area contributed by atoms with Crippen LogP contribution in [-0.2, 0) is 24.6 Å². The number of hydrogen-bond donors (Lipinski definition) is 2. The summed E-state index contributed by atoms with van der Waals surface area (Å²) in [6.07, 6.45) is 1.45. The maximum atomic E-state index is 13.3. The predicted molar refractivity (Wildman–Crippen MR) is 125 cm³/mol. The Kier molecular flexibility index (Phi) is 7.90. The van der Waals surface area contributed by atoms with Gasteiger partial charge < -0.3 is 15.0 Å². The molecule has 2 fully saturated rings. The van der Waals surface area contributed by atoms with Crippen LogP contribution >= 0.6 is 0 Å². The Morgan fingerprint density at radius 1 is 1.06 bits per heavy atom. The zero-order chi connectivity index (χ0) is 27.1. The number of sulfonamides is 1. The van der Waals surface area contributed by atoms with Gasteiger partial charge in [-0.15, -0.1) is 0 Å². The number of nitrogens with two attached hydrogens (primary N) is 1. The van der Waals surface area contributed by atoms with Gasteiger partial charge in [-0.2, -0.15) is 13.2 Å². The summed E-state index contributed by atoms with van der Waals surface area (Å²) in [6, 6.07) is 2.15. The Morgan fingerprint density at radius 2 is 1.67 bits per heavy atom. The first-order valence-electron chi connectivity index (χ1n) is 11.4. The first kappa shape index (κ1) is 28.5. The lowest BCUT2D eigenvalue weighted by molar-refractivity contribution is -0.0435. The van der Waals surface area contributed by atoms with E-state index >= 15 is 0 Å². The molecule has 204 valence electrons. The van der Waals surface area contributed by atoms with Crippen LogP contribution in [0.2, 0.25) is 0 Å². The SMILES string of the molecule is CC(C)(C)OC(=O)N1CCN(C2CC[C@H](Nc3ccc(S(N)(=O)=O)cc3S(=O)(=O)C(F)(F)F)C2)CC1. The number of benzene rings is 1. The summed E-state index contributed by atoms with van der Waals surface area (Å²) in [6.45, 7) is 7.54. The molecule has 36 heavy (non-hydrogen) atoms. The fraction of sp³-hybridized carbons (Fsp3) is 0.667. The number of hydrogen-bond acceptors (Lipinski definition) is 8. The third-order valence-corrected chi connectivity index (χ3v) is 8.56. The van der Waals surface area contributed by atoms with E-state index < -0.39 is 40.8 Å². The Bertz CT molecular complexity index is 1190. The standard InChI is InChI=1S/C21H31F3N4O6S2/c1-20(2,3)34-19(29)28-10-8-27(9-11-28)15-5-4-14(12-15)26-17-7-6-16(36(25,32)33)13-18(17)35(30,31)21(22,23)24/h6-7,13-15,26H,4-5,8-12H2,1-3H3,(H2,25,32,33)/t14-,15?/m0/s1. The van der Waals surface area contributed by atoms with Crippen molar-refractivity contribution in [3.63, 3.8) is 0 Å². The third-order valence-electron chi connectivity index (χ3n) is 6.12. The van der Waals surface area contributed by atoms with Crippen molar-refractivity contribution in [3.05, 3.63) is 18.2 Å². The van der Waals surface area contributed by atoms with Crippen molar-refractivity contribution in [1.82, 2.24) is 9.80 Å². The van der Waals surface area contributed by atoms with Crippen molar-refractivity contribution in [2.24, 2.45) is 5.14 Å². The number of carbonyl (C=O) groups is 1. The number of piperazine rings is 1. The fourth-order valence-corrected chi connectivity index (χ4v) is 5.94. The van der Waals surface area contributed by atoms with Gasteiger partial charge in [0, 0.05) is 38.3 Å². The van der Waals surface area contributed by atoms with E-state index in [2.05, 4.69) is 10.2 Å². The molecule has 1 unspecified atom stereocenters. The molecule has 3 rings (SSSR count). The summed E-state index contributed by atoms with van der Waals surface area (Å²) in [5, 5.41) is 7.85. The van der Waals surface area contributed by atoms with Crippen LogP contribution in [0.25, 0.3) is 0 Å². The predicted octanol–water partition coefficient (Wildman–Crippen LogP) is 2.51. The number of rotatable bonds is 5. The highest BCUT2D eigenvalue weighted by Gasteiger charge is 2.48. The topological polar surface area (TPSA) is 139 Å². The smallest absolute Gasteiger partial charge is 0.444 e. The highest BCUT2D eigenvalue weighted by atomic mass is 32.2. The highest BCUT2D eigenvalue weighted by molar-refractivity contribution is 7.92. The van der Waals surface area contributed by atoms with Crippen LogP contribution < -0.4 is 10.5 Å². The van der Waals surface area contributed by atoms with Crippen molar-refractivity contribution < 1.29 is 39.5 Å². The van der Waals surface area contributed by atoms with Gasteiger partial charge in [0.15, 0.2) is 0 Å². The molecule has 1 aromatic carbocycles. The van der Waals surface area contributed by atoms with Crippen molar-refractivity contribution in [3.8, 4) is 0 Å². The van der Waals surface area contributed by atoms with Crippen LogP contribution in [-0.4, -0.2) is 82.1 Å². The number of anilines is 1. The zero-order valence-electron chi connectivity index (χ0n) is 20.2. The van der Waals surface area contributed by atoms with Crippen LogP contribution in [0.1, 0.15) is 40.0 Å². The van der Waals surface area contributed by atoms with E-state index in [1.807, 2.05) is 0 Å². The molecule has 0 spiro atoms. The van der Waals surface area contributed by atoms with Crippen molar-refractivity contribution in [2.75, 3.05) is 31.5 Å². The molecule has 2 atom stereocenters. The quantitative estimate of drug-likeness (QED) is 0.564. The average molecular weight is 557 g/mol. The van der Waals surface area contributed by atoms with E-state index in [1.54, 1.807) is 25.7 Å². The molecule has 15 heteroatoms. The second kappa shape index (κ2) is 9.99. The Balaban J connectivity index is 1.69. The van der Waals surface area contributed by atoms with E-state index in [-0.39, 0.29) is 23.9 Å². The number of sulfone groups is 1. The van der Waals surface area contributed by atoms with Gasteiger partial charge in [0.2, 0.25) is 10.0 Å². The van der Waals surface area contributed by atoms with Gasteiger partial charge in [-0.25, -0.2) is 26.8 Å². The summed E-state index contributed by atoms with van der Waals surface area (Å²) in [4.78, 5) is 14.2. The lowest BCUT2D eigenvalue weighted by atomic mass is 10.1. The lowest BCUT2D eigenvalue weighted by Crippen LogP contribution is -2.52. The van der Waals surface area contributed by atoms with Gasteiger partial charge in [0.05, 0.1) is 10.6 Å². The number of carbonyl (C=O) groups excluding carboxylic acids is 1. The molecule has 10 nitrogen and oxygen atoms in total. The lowest BCUT2D eigenvalue weighted by Gasteiger charge is -2.38. The second-order valence-electron chi connectivity index (χ2n) is 9.96. The van der Waals surface area contributed by atoms with Gasteiger partial charge in [0.1, 0.15) is 10.5 Å². The maximum absolute atomic E-state index is 13.3. The number of primary sulfonamides is 1. The van der Waals surface area contributed by atoms with E-state index in [0.717, 1.165) is 18.6 Å². The first-order chi connectivity index (χ1) is 16.4. The molecule has 0 aromatic heterocycles. The molecule has 0 radical (unpaired) electrons. The fourth-order valence-electron chi connectivity index (χ4n) is 4.38. The summed E-state index contributed by atoms with van der Waals surface area (Å²) in [5.74, 6) is 0. The number of nitrogens with one attached hydrogen (secondary N) is 1. The Labute approximate surface area is 208 Å². The Morgan fingerprint density at radius 3 is 2.19 bits per heavy atom. The van der Waals surface area contributed by atoms with Gasteiger partial charge in [-0.3, -0.25) is 4.90 Å². The number of amides is 1. The van der Waals surface area contributed by atoms with Gasteiger partial charge in [0.25, 0.3) is 9.84 Å². The minimum absolute atomic E-state index is 0.0923. The summed E-state index contributed by atoms with van der Waals surface area (Å²) in [5.41, 5.74) is -6.55. The van der Waals surface area contributed by atoms with Crippen LogP contribution in [0.5, 0.6) is 0 Å². The summed E-state index contributed by atoms with van der Waals surface area (Å²) in [7, 11) is -10.3. The largest absolute Gasteiger partial charge is 0.501 e. The van der Waals surface area contributed by atoms with Gasteiger partial charge in [-0.1, -0.05) is 0 Å². The second-order valence-corrected chi connectivity index (χ2v) is 13.4. The number of nitrogens with zero attached hydrogens (tertiary/aromatic N) is 2. The molecule has 0 bridgehead atoms. The number of alkyl halides is 3. The Hall–Kier alpha value is -2.10. The van der Waals surface area contributed by atoms with Gasteiger partial charge >= 0.3 is 11.6 Å². The van der Waals surface area contributed by atoms with Crippen LogP contribution in [0.4, 0.5) is 23.7 Å². The van der Waals surface area contributed by atoms with Crippen LogP contribution in [0, 0.1) is 0 Å². The molecular formula is C21H31F3N4O6S2. The molecule has 3 N–H and O–H groups in total. The maximum Gasteiger partial charge on any atom is 0.501 e. The van der Waals surface area contributed by atoms with Crippen molar-refractivity contribution in [1.29, 1.82) is 0 Å². The van der Waals surface area contributed by atoms with E-state index in [0.29, 0.717) is 45.1 Å². The molecule has 1 aliphatic carbocycles. The normalized spacial score (nSPS) is 22.5. The van der Waals surface area contributed by atoms with E-state index in [4.69, 9.17) is 9.88 Å². The molecule has 1 saturated carbocycles. The van der Waals surface area contributed by atoms with Gasteiger partial charge in [-0.05, 0) is 58.2 Å². The zero-order valence-corrected chi connectivity index (χ0v) is 21.8. The minimum Gasteiger partial charge on any atom is -0.444 e. The molecule has 1 amide bonds. The molecule has 1 aliphatic heterocycles. The molecule has 1 heterocycles. The highest BCUT2D eigenvalue weighted by Crippen LogP contribution is 2.37. The van der Waals surface area contributed by atoms with E-state index in [9.17, 15) is 34.8 Å². The van der Waals surface area contributed by atoms with Crippen LogP contribution in [0.15, 0.2) is 28.0 Å². The van der Waals surface area contributed by atoms with E-state index in [1.165, 1.54) is 0 Å². The minimum atomic E-state index is -5.84. The summed E-state index contributed by atoms with van der Waals surface area (Å²) < 4.78 is 92.8. The van der Waals surface area contributed by atoms with Crippen molar-refractivity contribution in [2.45, 2.75) is 73.0 Å². The number of halogens is 3. The molecule has 1 saturated heterocycles. The third kappa shape index (κ3) is 6.61. The first-order valence-corrected chi connectivity index (χ1v) is 14.4. The average Bonchev–Trinajstić information content (AvgIpc) is 3.19. The van der Waals surface area contributed by atoms with Crippen LogP contribution in [0.3, 0.4) is 0 Å². The monoisotopic (exact) mass is 556 g/mol. The molecule has 2 aliphatic rings. The molecule has 1 aromatic rings. The molecular weight excluding hydrogens is 525 g/mol. The van der Waals surface area contributed by atoms with Crippen molar-refractivity contribution >= 4 is 31.6 Å².